The highest BCUT2D eigenvalue weighted by Gasteiger charge is 2.00. The van der Waals surface area contributed by atoms with Crippen molar-refractivity contribution in [1.82, 2.24) is 0 Å². The molecular weight excluding hydrogens is 228 g/mol. The molecule has 0 aliphatic heterocycles. The second-order valence-corrected chi connectivity index (χ2v) is 6.41. The van der Waals surface area contributed by atoms with Crippen LogP contribution in [-0.4, -0.2) is 0 Å². The Morgan fingerprint density at radius 2 is 1.16 bits per heavy atom. The summed E-state index contributed by atoms with van der Waals surface area (Å²) in [7, 11) is 0. The van der Waals surface area contributed by atoms with Gasteiger partial charge in [-0.2, -0.15) is 0 Å². The minimum atomic E-state index is 0.940. The molecule has 19 heavy (non-hydrogen) atoms. The zero-order chi connectivity index (χ0) is 14.2. The molecule has 115 valence electrons. The van der Waals surface area contributed by atoms with E-state index >= 15 is 0 Å². The van der Waals surface area contributed by atoms with Crippen molar-refractivity contribution in [3.63, 3.8) is 0 Å². The molecule has 1 radical (unpaired) electrons. The number of unbranched alkanes of at least 4 members (excludes halogenated alkanes) is 11. The van der Waals surface area contributed by atoms with Gasteiger partial charge >= 0.3 is 0 Å². The maximum atomic E-state index is 2.42. The Bertz CT molecular complexity index is 150. The monoisotopic (exact) mass is 267 g/mol. The molecule has 1 unspecified atom stereocenters. The molecule has 0 aromatic carbocycles. The average Bonchev–Trinajstić information content (AvgIpc) is 2.42. The second-order valence-electron chi connectivity index (χ2n) is 6.41. The minimum absolute atomic E-state index is 0.940. The van der Waals surface area contributed by atoms with E-state index in [0.717, 1.165) is 5.92 Å². The van der Waals surface area contributed by atoms with Crippen LogP contribution in [0.25, 0.3) is 0 Å². The fourth-order valence-corrected chi connectivity index (χ4v) is 2.75. The molecule has 0 nitrogen and oxygen atoms in total. The first kappa shape index (κ1) is 19.0. The van der Waals surface area contributed by atoms with Gasteiger partial charge in [0.2, 0.25) is 0 Å². The third-order valence-electron chi connectivity index (χ3n) is 4.25. The summed E-state index contributed by atoms with van der Waals surface area (Å²) in [6.45, 7) is 6.89. The summed E-state index contributed by atoms with van der Waals surface area (Å²) in [6, 6.07) is 0. The summed E-state index contributed by atoms with van der Waals surface area (Å²) in [6.07, 6.45) is 22.5. The van der Waals surface area contributed by atoms with Gasteiger partial charge in [-0.1, -0.05) is 111 Å². The van der Waals surface area contributed by atoms with Gasteiger partial charge in [-0.3, -0.25) is 0 Å². The number of rotatable bonds is 15. The molecule has 0 aromatic rings. The molecule has 0 saturated carbocycles. The van der Waals surface area contributed by atoms with Crippen molar-refractivity contribution in [2.45, 2.75) is 111 Å². The lowest BCUT2D eigenvalue weighted by molar-refractivity contribution is 0.453. The van der Waals surface area contributed by atoms with Crippen LogP contribution in [0.3, 0.4) is 0 Å². The van der Waals surface area contributed by atoms with E-state index < -0.39 is 0 Å². The first-order chi connectivity index (χ1) is 9.31. The van der Waals surface area contributed by atoms with E-state index in [1.165, 1.54) is 89.9 Å². The summed E-state index contributed by atoms with van der Waals surface area (Å²) in [5, 5.41) is 0. The summed E-state index contributed by atoms with van der Waals surface area (Å²) in [5.41, 5.74) is 0. The minimum Gasteiger partial charge on any atom is -0.0654 e. The number of hydrogen-bond acceptors (Lipinski definition) is 0. The van der Waals surface area contributed by atoms with Crippen LogP contribution in [0.15, 0.2) is 0 Å². The van der Waals surface area contributed by atoms with Crippen molar-refractivity contribution < 1.29 is 0 Å². The maximum absolute atomic E-state index is 2.42. The molecule has 1 atom stereocenters. The quantitative estimate of drug-likeness (QED) is 0.272. The van der Waals surface area contributed by atoms with Crippen molar-refractivity contribution in [1.29, 1.82) is 0 Å². The second kappa shape index (κ2) is 16.1. The van der Waals surface area contributed by atoms with Crippen LogP contribution in [0.4, 0.5) is 0 Å². The molecule has 0 aliphatic carbocycles. The number of hydrogen-bond donors (Lipinski definition) is 0. The van der Waals surface area contributed by atoms with Crippen LogP contribution in [0, 0.1) is 12.3 Å². The van der Waals surface area contributed by atoms with E-state index in [-0.39, 0.29) is 0 Å². The molecule has 0 spiro atoms. The molecule has 0 amide bonds. The topological polar surface area (TPSA) is 0 Å². The Balaban J connectivity index is 3.02. The zero-order valence-electron chi connectivity index (χ0n) is 14.1. The molecule has 0 heterocycles. The Morgan fingerprint density at radius 3 is 1.63 bits per heavy atom. The summed E-state index contributed by atoms with van der Waals surface area (Å²) >= 11 is 0. The van der Waals surface area contributed by atoms with Gasteiger partial charge in [-0.25, -0.2) is 0 Å². The normalized spacial score (nSPS) is 12.8. The first-order valence-electron chi connectivity index (χ1n) is 9.09. The van der Waals surface area contributed by atoms with Gasteiger partial charge in [-0.15, -0.1) is 0 Å². The van der Waals surface area contributed by atoms with E-state index in [1.54, 1.807) is 0 Å². The van der Waals surface area contributed by atoms with Crippen LogP contribution < -0.4 is 0 Å². The lowest BCUT2D eigenvalue weighted by atomic mass is 9.97. The fraction of sp³-hybridized carbons (Fsp3) is 0.947. The smallest absolute Gasteiger partial charge is 0.0417 e. The zero-order valence-corrected chi connectivity index (χ0v) is 14.1. The van der Waals surface area contributed by atoms with Crippen molar-refractivity contribution in [2.75, 3.05) is 0 Å². The molecule has 0 saturated heterocycles. The highest BCUT2D eigenvalue weighted by molar-refractivity contribution is 4.61. The van der Waals surface area contributed by atoms with Crippen molar-refractivity contribution in [2.24, 2.45) is 5.92 Å². The predicted octanol–water partition coefficient (Wildman–Crippen LogP) is 7.33. The molecule has 0 rings (SSSR count). The van der Waals surface area contributed by atoms with Gasteiger partial charge in [-0.05, 0) is 12.3 Å². The molecule has 0 aliphatic rings. The van der Waals surface area contributed by atoms with Crippen LogP contribution >= 0.6 is 0 Å². The molecule has 0 bridgehead atoms. The predicted molar refractivity (Wildman–Crippen MR) is 89.5 cm³/mol. The van der Waals surface area contributed by atoms with Gasteiger partial charge in [0.25, 0.3) is 0 Å². The molecular formula is C19H39. The van der Waals surface area contributed by atoms with E-state index in [0.29, 0.717) is 0 Å². The molecule has 0 aromatic heterocycles. The van der Waals surface area contributed by atoms with Crippen LogP contribution in [-0.2, 0) is 0 Å². The first-order valence-corrected chi connectivity index (χ1v) is 9.09. The van der Waals surface area contributed by atoms with Crippen LogP contribution in [0.5, 0.6) is 0 Å². The lowest BCUT2D eigenvalue weighted by Crippen LogP contribution is -1.94. The van der Waals surface area contributed by atoms with Gasteiger partial charge in [0, 0.05) is 0 Å². The van der Waals surface area contributed by atoms with Gasteiger partial charge < -0.3 is 0 Å². The fourth-order valence-electron chi connectivity index (χ4n) is 2.75. The van der Waals surface area contributed by atoms with E-state index in [1.807, 2.05) is 0 Å². The Hall–Kier alpha value is 0. The molecule has 0 fully saturated rings. The van der Waals surface area contributed by atoms with Gasteiger partial charge in [0.1, 0.15) is 0 Å². The Kier molecular flexibility index (Phi) is 16.1. The van der Waals surface area contributed by atoms with E-state index in [2.05, 4.69) is 27.2 Å². The Morgan fingerprint density at radius 1 is 0.684 bits per heavy atom. The average molecular weight is 268 g/mol. The largest absolute Gasteiger partial charge is 0.0654 e. The molecule has 0 N–H and O–H groups in total. The molecule has 0 heteroatoms. The van der Waals surface area contributed by atoms with Crippen LogP contribution in [0.2, 0.25) is 0 Å². The Labute approximate surface area is 123 Å². The third-order valence-corrected chi connectivity index (χ3v) is 4.25. The highest BCUT2D eigenvalue weighted by atomic mass is 14.1. The van der Waals surface area contributed by atoms with Crippen LogP contribution in [0.1, 0.15) is 111 Å². The van der Waals surface area contributed by atoms with Gasteiger partial charge in [0.05, 0.1) is 0 Å². The van der Waals surface area contributed by atoms with E-state index in [9.17, 15) is 0 Å². The summed E-state index contributed by atoms with van der Waals surface area (Å²) in [4.78, 5) is 0. The lowest BCUT2D eigenvalue weighted by Gasteiger charge is -2.09. The third kappa shape index (κ3) is 15.9. The summed E-state index contributed by atoms with van der Waals surface area (Å²) < 4.78 is 0. The SMILES string of the molecule is C[CH]CCC(C)CCCCCCCCCCCCC. The maximum Gasteiger partial charge on any atom is -0.0417 e. The van der Waals surface area contributed by atoms with Crippen molar-refractivity contribution in [3.8, 4) is 0 Å². The van der Waals surface area contributed by atoms with Crippen molar-refractivity contribution in [3.05, 3.63) is 6.42 Å². The van der Waals surface area contributed by atoms with Crippen molar-refractivity contribution >= 4 is 0 Å². The van der Waals surface area contributed by atoms with E-state index in [4.69, 9.17) is 0 Å². The highest BCUT2D eigenvalue weighted by Crippen LogP contribution is 2.17. The van der Waals surface area contributed by atoms with Gasteiger partial charge in [0.15, 0.2) is 0 Å². The summed E-state index contributed by atoms with van der Waals surface area (Å²) in [5.74, 6) is 0.940. The standard InChI is InChI=1S/C19H39/c1-4-6-8-9-10-11-12-13-14-15-16-18-19(3)17-7-5-2/h5,19H,4,6-18H2,1-3H3.